The lowest BCUT2D eigenvalue weighted by molar-refractivity contribution is 0.0876. The lowest BCUT2D eigenvalue weighted by atomic mass is 9.95. The van der Waals surface area contributed by atoms with Gasteiger partial charge in [-0.15, -0.1) is 0 Å². The number of carbonyl (C=O) groups excluding carboxylic acids is 1. The lowest BCUT2D eigenvalue weighted by Crippen LogP contribution is -2.34. The van der Waals surface area contributed by atoms with E-state index in [2.05, 4.69) is 0 Å². The summed E-state index contributed by atoms with van der Waals surface area (Å²) in [6.07, 6.45) is 0.472. The van der Waals surface area contributed by atoms with Crippen LogP contribution in [0.2, 0.25) is 0 Å². The third-order valence-electron chi connectivity index (χ3n) is 5.36. The van der Waals surface area contributed by atoms with Crippen LogP contribution in [0.3, 0.4) is 0 Å². The highest BCUT2D eigenvalue weighted by atomic mass is 32.2. The van der Waals surface area contributed by atoms with Gasteiger partial charge in [-0.25, -0.2) is 17.8 Å². The zero-order valence-corrected chi connectivity index (χ0v) is 18.0. The molecule has 0 aliphatic rings. The van der Waals surface area contributed by atoms with E-state index in [9.17, 15) is 18.0 Å². The average molecular weight is 435 g/mol. The molecule has 0 aliphatic carbocycles. The summed E-state index contributed by atoms with van der Waals surface area (Å²) in [4.78, 5) is 26.9. The highest BCUT2D eigenvalue weighted by Crippen LogP contribution is 2.25. The van der Waals surface area contributed by atoms with Crippen LogP contribution in [0.15, 0.2) is 88.6 Å². The smallest absolute Gasteiger partial charge is 0.273 e. The number of para-hydroxylation sites is 2. The van der Waals surface area contributed by atoms with E-state index in [0.717, 1.165) is 19.7 Å². The second kappa shape index (κ2) is 8.00. The standard InChI is InChI=1S/C24H22N2O4S/c1-3-20(18-11-5-4-6-12-18)23(27)25-21-14-7-8-15-22(21)26(24(25)28)31(29,30)19-13-9-10-17(2)16-19/h4-16,20H,3H2,1-2H3. The molecular formula is C24H22N2O4S. The van der Waals surface area contributed by atoms with Crippen molar-refractivity contribution >= 4 is 27.0 Å². The number of aromatic nitrogens is 2. The molecule has 7 heteroatoms. The fourth-order valence-electron chi connectivity index (χ4n) is 3.84. The van der Waals surface area contributed by atoms with Gasteiger partial charge >= 0.3 is 5.69 Å². The molecule has 0 spiro atoms. The Labute approximate surface area is 180 Å². The van der Waals surface area contributed by atoms with Crippen molar-refractivity contribution in [3.8, 4) is 0 Å². The Balaban J connectivity index is 1.97. The van der Waals surface area contributed by atoms with E-state index >= 15 is 0 Å². The van der Waals surface area contributed by atoms with Crippen molar-refractivity contribution in [3.05, 3.63) is 100 Å². The van der Waals surface area contributed by atoms with Gasteiger partial charge in [0, 0.05) is 0 Å². The third kappa shape index (κ3) is 3.51. The number of rotatable bonds is 5. The van der Waals surface area contributed by atoms with Crippen molar-refractivity contribution in [1.29, 1.82) is 0 Å². The second-order valence-electron chi connectivity index (χ2n) is 7.40. The van der Waals surface area contributed by atoms with Gasteiger partial charge in [0.1, 0.15) is 0 Å². The molecule has 158 valence electrons. The van der Waals surface area contributed by atoms with E-state index in [1.807, 2.05) is 37.3 Å². The molecule has 4 aromatic rings. The van der Waals surface area contributed by atoms with Gasteiger partial charge in [-0.1, -0.05) is 61.5 Å². The Kier molecular flexibility index (Phi) is 5.37. The van der Waals surface area contributed by atoms with Crippen molar-refractivity contribution < 1.29 is 13.2 Å². The summed E-state index contributed by atoms with van der Waals surface area (Å²) in [5, 5.41) is 0. The number of aryl methyl sites for hydroxylation is 1. The Bertz CT molecular complexity index is 1430. The molecule has 1 aromatic heterocycles. The van der Waals surface area contributed by atoms with Crippen molar-refractivity contribution in [3.63, 3.8) is 0 Å². The molecule has 1 heterocycles. The van der Waals surface area contributed by atoms with Crippen LogP contribution in [0.25, 0.3) is 11.0 Å². The Morgan fingerprint density at radius 1 is 0.903 bits per heavy atom. The molecule has 1 atom stereocenters. The minimum absolute atomic E-state index is 0.0000490. The molecular weight excluding hydrogens is 412 g/mol. The number of benzene rings is 3. The molecule has 3 aromatic carbocycles. The summed E-state index contributed by atoms with van der Waals surface area (Å²) in [7, 11) is -4.20. The van der Waals surface area contributed by atoms with Crippen molar-refractivity contribution in [1.82, 2.24) is 8.54 Å². The predicted molar refractivity (Wildman–Crippen MR) is 120 cm³/mol. The maximum absolute atomic E-state index is 13.5. The quantitative estimate of drug-likeness (QED) is 0.472. The van der Waals surface area contributed by atoms with Crippen LogP contribution < -0.4 is 5.69 Å². The summed E-state index contributed by atoms with van der Waals surface area (Å²) in [6, 6.07) is 22.0. The normalized spacial score (nSPS) is 12.7. The number of fused-ring (bicyclic) bond motifs is 1. The second-order valence-corrected chi connectivity index (χ2v) is 9.19. The molecule has 0 saturated carbocycles. The monoisotopic (exact) mass is 434 g/mol. The summed E-state index contributed by atoms with van der Waals surface area (Å²) in [5.41, 5.74) is 1.08. The maximum Gasteiger partial charge on any atom is 0.350 e. The summed E-state index contributed by atoms with van der Waals surface area (Å²) in [5.74, 6) is -1.02. The van der Waals surface area contributed by atoms with Crippen LogP contribution >= 0.6 is 0 Å². The zero-order valence-electron chi connectivity index (χ0n) is 17.2. The first-order valence-electron chi connectivity index (χ1n) is 10.00. The maximum atomic E-state index is 13.5. The first kappa shape index (κ1) is 20.8. The first-order chi connectivity index (χ1) is 14.9. The fourth-order valence-corrected chi connectivity index (χ4v) is 5.34. The van der Waals surface area contributed by atoms with Crippen LogP contribution in [-0.4, -0.2) is 22.9 Å². The van der Waals surface area contributed by atoms with E-state index < -0.39 is 27.5 Å². The minimum Gasteiger partial charge on any atom is -0.273 e. The zero-order chi connectivity index (χ0) is 22.2. The molecule has 0 aliphatic heterocycles. The van der Waals surface area contributed by atoms with E-state index in [1.54, 1.807) is 37.3 Å². The van der Waals surface area contributed by atoms with Gasteiger partial charge in [0.2, 0.25) is 5.91 Å². The number of hydrogen-bond donors (Lipinski definition) is 0. The molecule has 0 fully saturated rings. The van der Waals surface area contributed by atoms with E-state index in [4.69, 9.17) is 0 Å². The van der Waals surface area contributed by atoms with Gasteiger partial charge in [0.15, 0.2) is 0 Å². The Hall–Kier alpha value is -3.45. The van der Waals surface area contributed by atoms with Crippen LogP contribution in [-0.2, 0) is 10.0 Å². The molecule has 1 unspecified atom stereocenters. The van der Waals surface area contributed by atoms with Crippen molar-refractivity contribution in [2.24, 2.45) is 0 Å². The van der Waals surface area contributed by atoms with Crippen LogP contribution in [0, 0.1) is 6.92 Å². The molecule has 0 saturated heterocycles. The summed E-state index contributed by atoms with van der Waals surface area (Å²) >= 11 is 0. The fraction of sp³-hybridized carbons (Fsp3) is 0.167. The Morgan fingerprint density at radius 3 is 2.19 bits per heavy atom. The number of nitrogens with zero attached hydrogens (tertiary/aromatic N) is 2. The van der Waals surface area contributed by atoms with Gasteiger partial charge in [-0.05, 0) is 48.7 Å². The van der Waals surface area contributed by atoms with Gasteiger partial charge in [0.25, 0.3) is 10.0 Å². The number of carbonyl (C=O) groups is 1. The number of hydrogen-bond acceptors (Lipinski definition) is 4. The molecule has 0 radical (unpaired) electrons. The average Bonchev–Trinajstić information content (AvgIpc) is 3.07. The Morgan fingerprint density at radius 2 is 1.55 bits per heavy atom. The van der Waals surface area contributed by atoms with Crippen molar-refractivity contribution in [2.75, 3.05) is 0 Å². The van der Waals surface area contributed by atoms with Gasteiger partial charge in [-0.3, -0.25) is 4.79 Å². The molecule has 4 rings (SSSR count). The summed E-state index contributed by atoms with van der Waals surface area (Å²) in [6.45, 7) is 3.64. The highest BCUT2D eigenvalue weighted by Gasteiger charge is 2.30. The van der Waals surface area contributed by atoms with Gasteiger partial charge < -0.3 is 0 Å². The van der Waals surface area contributed by atoms with E-state index in [-0.39, 0.29) is 15.9 Å². The predicted octanol–water partition coefficient (Wildman–Crippen LogP) is 4.18. The molecule has 31 heavy (non-hydrogen) atoms. The van der Waals surface area contributed by atoms with E-state index in [1.165, 1.54) is 18.2 Å². The van der Waals surface area contributed by atoms with Gasteiger partial charge in [0.05, 0.1) is 21.8 Å². The largest absolute Gasteiger partial charge is 0.350 e. The third-order valence-corrected chi connectivity index (χ3v) is 7.05. The SMILES string of the molecule is CCC(C(=O)n1c(=O)n(S(=O)(=O)c2cccc(C)c2)c2ccccc21)c1ccccc1. The molecule has 0 N–H and O–H groups in total. The van der Waals surface area contributed by atoms with Crippen LogP contribution in [0.4, 0.5) is 0 Å². The highest BCUT2D eigenvalue weighted by molar-refractivity contribution is 7.90. The van der Waals surface area contributed by atoms with Gasteiger partial charge in [-0.2, -0.15) is 3.97 Å². The molecule has 0 amide bonds. The number of imidazole rings is 1. The van der Waals surface area contributed by atoms with Crippen LogP contribution in [0.5, 0.6) is 0 Å². The topological polar surface area (TPSA) is 78.1 Å². The minimum atomic E-state index is -4.20. The first-order valence-corrected chi connectivity index (χ1v) is 11.4. The lowest BCUT2D eigenvalue weighted by Gasteiger charge is -2.14. The molecule has 6 nitrogen and oxygen atoms in total. The molecule has 0 bridgehead atoms. The van der Waals surface area contributed by atoms with Crippen LogP contribution in [0.1, 0.15) is 35.2 Å². The van der Waals surface area contributed by atoms with E-state index in [0.29, 0.717) is 6.42 Å². The summed E-state index contributed by atoms with van der Waals surface area (Å²) < 4.78 is 28.5. The van der Waals surface area contributed by atoms with Crippen molar-refractivity contribution in [2.45, 2.75) is 31.1 Å².